The molecule has 1 saturated carbocycles. The van der Waals surface area contributed by atoms with Gasteiger partial charge in [-0.05, 0) is 37.7 Å². The van der Waals surface area contributed by atoms with E-state index in [0.717, 1.165) is 35.9 Å². The number of nitrogens with zero attached hydrogens (tertiary/aromatic N) is 2. The standard InChI is InChI=1S/C14H19N3/c1-3-11-8-10(2)16-13(12(11)15)17-7-6-14(9-17)4-5-14/h3,8H,1,4-7,9,15H2,2H3. The summed E-state index contributed by atoms with van der Waals surface area (Å²) in [4.78, 5) is 6.96. The van der Waals surface area contributed by atoms with Gasteiger partial charge in [0.1, 0.15) is 0 Å². The van der Waals surface area contributed by atoms with E-state index in [-0.39, 0.29) is 0 Å². The molecule has 2 aliphatic rings. The number of rotatable bonds is 2. The molecule has 0 bridgehead atoms. The Morgan fingerprint density at radius 2 is 2.24 bits per heavy atom. The van der Waals surface area contributed by atoms with Gasteiger partial charge in [-0.1, -0.05) is 12.7 Å². The van der Waals surface area contributed by atoms with Crippen LogP contribution in [0.1, 0.15) is 30.5 Å². The van der Waals surface area contributed by atoms with Crippen LogP contribution in [-0.2, 0) is 0 Å². The molecule has 3 rings (SSSR count). The van der Waals surface area contributed by atoms with Crippen molar-refractivity contribution in [1.82, 2.24) is 4.98 Å². The third-order valence-electron chi connectivity index (χ3n) is 4.11. The van der Waals surface area contributed by atoms with Gasteiger partial charge in [0, 0.05) is 24.3 Å². The zero-order chi connectivity index (χ0) is 12.0. The number of aryl methyl sites for hydroxylation is 1. The summed E-state index contributed by atoms with van der Waals surface area (Å²) in [7, 11) is 0. The van der Waals surface area contributed by atoms with E-state index in [1.54, 1.807) is 0 Å². The van der Waals surface area contributed by atoms with E-state index < -0.39 is 0 Å². The molecule has 0 amide bonds. The molecule has 3 nitrogen and oxygen atoms in total. The number of hydrogen-bond donors (Lipinski definition) is 1. The normalized spacial score (nSPS) is 20.9. The fourth-order valence-corrected chi connectivity index (χ4v) is 2.80. The summed E-state index contributed by atoms with van der Waals surface area (Å²) in [5.41, 5.74) is 9.58. The maximum absolute atomic E-state index is 6.18. The Bertz CT molecular complexity index is 475. The maximum Gasteiger partial charge on any atom is 0.152 e. The van der Waals surface area contributed by atoms with Gasteiger partial charge in [-0.15, -0.1) is 0 Å². The Morgan fingerprint density at radius 3 is 2.82 bits per heavy atom. The summed E-state index contributed by atoms with van der Waals surface area (Å²) < 4.78 is 0. The Labute approximate surface area is 102 Å². The van der Waals surface area contributed by atoms with Crippen molar-refractivity contribution in [3.63, 3.8) is 0 Å². The second-order valence-electron chi connectivity index (χ2n) is 5.47. The molecule has 1 aromatic heterocycles. The molecule has 1 spiro atoms. The van der Waals surface area contributed by atoms with Crippen LogP contribution in [0.25, 0.3) is 6.08 Å². The highest BCUT2D eigenvalue weighted by molar-refractivity contribution is 5.75. The Balaban J connectivity index is 1.97. The van der Waals surface area contributed by atoms with Gasteiger partial charge in [-0.3, -0.25) is 0 Å². The van der Waals surface area contributed by atoms with Crippen LogP contribution >= 0.6 is 0 Å². The second kappa shape index (κ2) is 3.49. The van der Waals surface area contributed by atoms with E-state index in [2.05, 4.69) is 16.5 Å². The van der Waals surface area contributed by atoms with Gasteiger partial charge < -0.3 is 10.6 Å². The molecule has 17 heavy (non-hydrogen) atoms. The highest BCUT2D eigenvalue weighted by Crippen LogP contribution is 2.53. The minimum atomic E-state index is 0.603. The lowest BCUT2D eigenvalue weighted by atomic mass is 10.1. The third kappa shape index (κ3) is 1.70. The van der Waals surface area contributed by atoms with Crippen LogP contribution in [0.5, 0.6) is 0 Å². The van der Waals surface area contributed by atoms with Gasteiger partial charge in [-0.2, -0.15) is 0 Å². The second-order valence-corrected chi connectivity index (χ2v) is 5.47. The fraction of sp³-hybridized carbons (Fsp3) is 0.500. The molecular formula is C14H19N3. The van der Waals surface area contributed by atoms with Crippen molar-refractivity contribution >= 4 is 17.6 Å². The van der Waals surface area contributed by atoms with Crippen LogP contribution in [0, 0.1) is 12.3 Å². The van der Waals surface area contributed by atoms with E-state index >= 15 is 0 Å². The van der Waals surface area contributed by atoms with Gasteiger partial charge in [0.15, 0.2) is 5.82 Å². The lowest BCUT2D eigenvalue weighted by molar-refractivity contribution is 0.580. The summed E-state index contributed by atoms with van der Waals surface area (Å²) in [6.07, 6.45) is 5.87. The SMILES string of the molecule is C=Cc1cc(C)nc(N2CCC3(CC3)C2)c1N. The molecule has 1 aliphatic heterocycles. The zero-order valence-corrected chi connectivity index (χ0v) is 10.4. The zero-order valence-electron chi connectivity index (χ0n) is 10.4. The molecular weight excluding hydrogens is 210 g/mol. The number of aromatic nitrogens is 1. The van der Waals surface area contributed by atoms with E-state index in [1.807, 2.05) is 19.1 Å². The number of anilines is 2. The number of pyridine rings is 1. The fourth-order valence-electron chi connectivity index (χ4n) is 2.80. The molecule has 1 aromatic rings. The molecule has 2 heterocycles. The van der Waals surface area contributed by atoms with Gasteiger partial charge in [0.2, 0.25) is 0 Å². The predicted molar refractivity (Wildman–Crippen MR) is 72.0 cm³/mol. The molecule has 0 atom stereocenters. The van der Waals surface area contributed by atoms with Crippen molar-refractivity contribution in [3.05, 3.63) is 23.9 Å². The molecule has 1 saturated heterocycles. The van der Waals surface area contributed by atoms with Crippen molar-refractivity contribution in [1.29, 1.82) is 0 Å². The molecule has 0 radical (unpaired) electrons. The lowest BCUT2D eigenvalue weighted by Gasteiger charge is -2.21. The van der Waals surface area contributed by atoms with Crippen LogP contribution in [0.2, 0.25) is 0 Å². The first kappa shape index (κ1) is 10.6. The number of nitrogens with two attached hydrogens (primary N) is 1. The van der Waals surface area contributed by atoms with E-state index in [4.69, 9.17) is 5.73 Å². The first-order chi connectivity index (χ1) is 8.13. The van der Waals surface area contributed by atoms with Crippen LogP contribution in [0.3, 0.4) is 0 Å². The highest BCUT2D eigenvalue weighted by atomic mass is 15.2. The van der Waals surface area contributed by atoms with E-state index in [1.165, 1.54) is 19.3 Å². The van der Waals surface area contributed by atoms with Crippen LogP contribution < -0.4 is 10.6 Å². The summed E-state index contributed by atoms with van der Waals surface area (Å²) in [5.74, 6) is 0.962. The Morgan fingerprint density at radius 1 is 1.47 bits per heavy atom. The minimum absolute atomic E-state index is 0.603. The smallest absolute Gasteiger partial charge is 0.152 e. The summed E-state index contributed by atoms with van der Waals surface area (Å²) in [5, 5.41) is 0. The Kier molecular flexibility index (Phi) is 2.18. The number of hydrogen-bond acceptors (Lipinski definition) is 3. The van der Waals surface area contributed by atoms with Crippen LogP contribution in [0.15, 0.2) is 12.6 Å². The average molecular weight is 229 g/mol. The van der Waals surface area contributed by atoms with Gasteiger partial charge in [0.25, 0.3) is 0 Å². The summed E-state index contributed by atoms with van der Waals surface area (Å²) in [6.45, 7) is 8.05. The first-order valence-corrected chi connectivity index (χ1v) is 6.28. The molecule has 2 N–H and O–H groups in total. The van der Waals surface area contributed by atoms with Gasteiger partial charge >= 0.3 is 0 Å². The van der Waals surface area contributed by atoms with Crippen molar-refractivity contribution in [2.75, 3.05) is 23.7 Å². The first-order valence-electron chi connectivity index (χ1n) is 6.28. The van der Waals surface area contributed by atoms with Crippen molar-refractivity contribution in [3.8, 4) is 0 Å². The predicted octanol–water partition coefficient (Wildman–Crippen LogP) is 2.61. The number of nitrogen functional groups attached to an aromatic ring is 1. The molecule has 1 aliphatic carbocycles. The van der Waals surface area contributed by atoms with Gasteiger partial charge in [0.05, 0.1) is 5.69 Å². The maximum atomic E-state index is 6.18. The highest BCUT2D eigenvalue weighted by Gasteiger charge is 2.48. The summed E-state index contributed by atoms with van der Waals surface area (Å²) in [6, 6.07) is 1.99. The molecule has 2 fully saturated rings. The lowest BCUT2D eigenvalue weighted by Crippen LogP contribution is -2.23. The average Bonchev–Trinajstić information content (AvgIpc) is 2.92. The van der Waals surface area contributed by atoms with E-state index in [0.29, 0.717) is 5.41 Å². The van der Waals surface area contributed by atoms with Crippen molar-refractivity contribution in [2.24, 2.45) is 5.41 Å². The summed E-state index contributed by atoms with van der Waals surface area (Å²) >= 11 is 0. The largest absolute Gasteiger partial charge is 0.395 e. The van der Waals surface area contributed by atoms with Gasteiger partial charge in [-0.25, -0.2) is 4.98 Å². The van der Waals surface area contributed by atoms with Crippen molar-refractivity contribution in [2.45, 2.75) is 26.2 Å². The molecule has 0 aromatic carbocycles. The quantitative estimate of drug-likeness (QED) is 0.847. The van der Waals surface area contributed by atoms with E-state index in [9.17, 15) is 0 Å². The molecule has 3 heteroatoms. The van der Waals surface area contributed by atoms with Crippen LogP contribution in [-0.4, -0.2) is 18.1 Å². The third-order valence-corrected chi connectivity index (χ3v) is 4.11. The molecule has 0 unspecified atom stereocenters. The van der Waals surface area contributed by atoms with Crippen LogP contribution in [0.4, 0.5) is 11.5 Å². The Hall–Kier alpha value is -1.51. The minimum Gasteiger partial charge on any atom is -0.395 e. The monoisotopic (exact) mass is 229 g/mol. The topological polar surface area (TPSA) is 42.2 Å². The molecule has 90 valence electrons. The van der Waals surface area contributed by atoms with Crippen molar-refractivity contribution < 1.29 is 0 Å².